The van der Waals surface area contributed by atoms with Crippen LogP contribution in [0.4, 0.5) is 5.69 Å². The van der Waals surface area contributed by atoms with E-state index < -0.39 is 6.10 Å². The standard InChI is InChI=1S/C14H25N3O2/c1-11-3-5-14(6-4-11)19-10-13(18)8-15-12-7-16-17(2)9-12/h7,9,11,13-15,18H,3-6,8,10H2,1-2H3. The summed E-state index contributed by atoms with van der Waals surface area (Å²) in [6.45, 7) is 3.20. The van der Waals surface area contributed by atoms with E-state index in [2.05, 4.69) is 17.3 Å². The molecule has 1 aliphatic rings. The second-order valence-corrected chi connectivity index (χ2v) is 5.65. The third kappa shape index (κ3) is 4.84. The smallest absolute Gasteiger partial charge is 0.0945 e. The maximum atomic E-state index is 9.89. The number of hydrogen-bond acceptors (Lipinski definition) is 4. The minimum atomic E-state index is -0.473. The molecule has 0 spiro atoms. The number of nitrogens with zero attached hydrogens (tertiary/aromatic N) is 2. The van der Waals surface area contributed by atoms with E-state index in [9.17, 15) is 5.11 Å². The molecule has 0 aromatic carbocycles. The molecule has 2 N–H and O–H groups in total. The normalized spacial score (nSPS) is 25.2. The first-order valence-electron chi connectivity index (χ1n) is 7.15. The summed E-state index contributed by atoms with van der Waals surface area (Å²) >= 11 is 0. The molecule has 5 heteroatoms. The number of aliphatic hydroxyl groups is 1. The average Bonchev–Trinajstić information content (AvgIpc) is 2.81. The van der Waals surface area contributed by atoms with Crippen LogP contribution in [0.1, 0.15) is 32.6 Å². The highest BCUT2D eigenvalue weighted by molar-refractivity contribution is 5.37. The van der Waals surface area contributed by atoms with Gasteiger partial charge >= 0.3 is 0 Å². The molecular weight excluding hydrogens is 242 g/mol. The molecule has 108 valence electrons. The highest BCUT2D eigenvalue weighted by Crippen LogP contribution is 2.25. The number of nitrogens with one attached hydrogen (secondary N) is 1. The van der Waals surface area contributed by atoms with Crippen LogP contribution in [0.2, 0.25) is 0 Å². The van der Waals surface area contributed by atoms with Crippen LogP contribution in [0, 0.1) is 5.92 Å². The van der Waals surface area contributed by atoms with E-state index in [0.717, 1.165) is 24.4 Å². The van der Waals surface area contributed by atoms with Gasteiger partial charge in [-0.05, 0) is 31.6 Å². The molecule has 1 heterocycles. The molecule has 1 atom stereocenters. The minimum absolute atomic E-state index is 0.337. The average molecular weight is 267 g/mol. The Bertz CT molecular complexity index is 373. The van der Waals surface area contributed by atoms with Crippen LogP contribution in [-0.2, 0) is 11.8 Å². The molecule has 0 saturated heterocycles. The van der Waals surface area contributed by atoms with Crippen molar-refractivity contribution < 1.29 is 9.84 Å². The fourth-order valence-electron chi connectivity index (χ4n) is 2.45. The van der Waals surface area contributed by atoms with Gasteiger partial charge in [-0.3, -0.25) is 4.68 Å². The Morgan fingerprint density at radius 3 is 2.84 bits per heavy atom. The highest BCUT2D eigenvalue weighted by atomic mass is 16.5. The van der Waals surface area contributed by atoms with Crippen LogP contribution in [0.15, 0.2) is 12.4 Å². The molecule has 1 unspecified atom stereocenters. The van der Waals surface area contributed by atoms with E-state index in [0.29, 0.717) is 19.3 Å². The van der Waals surface area contributed by atoms with E-state index in [1.807, 2.05) is 13.2 Å². The summed E-state index contributed by atoms with van der Waals surface area (Å²) in [5, 5.41) is 17.1. The fraction of sp³-hybridized carbons (Fsp3) is 0.786. The first kappa shape index (κ1) is 14.3. The molecular formula is C14H25N3O2. The van der Waals surface area contributed by atoms with Crippen molar-refractivity contribution >= 4 is 5.69 Å². The molecule has 2 rings (SSSR count). The summed E-state index contributed by atoms with van der Waals surface area (Å²) in [5.74, 6) is 0.831. The molecule has 1 saturated carbocycles. The number of aromatic nitrogens is 2. The zero-order valence-corrected chi connectivity index (χ0v) is 11.9. The lowest BCUT2D eigenvalue weighted by atomic mass is 9.89. The summed E-state index contributed by atoms with van der Waals surface area (Å²) < 4.78 is 7.51. The Labute approximate surface area is 115 Å². The maximum Gasteiger partial charge on any atom is 0.0945 e. The number of ether oxygens (including phenoxy) is 1. The Kier molecular flexibility index (Phi) is 5.22. The van der Waals surface area contributed by atoms with Gasteiger partial charge in [-0.1, -0.05) is 6.92 Å². The Morgan fingerprint density at radius 1 is 1.47 bits per heavy atom. The van der Waals surface area contributed by atoms with Crippen LogP contribution in [0.5, 0.6) is 0 Å². The van der Waals surface area contributed by atoms with Crippen LogP contribution in [-0.4, -0.2) is 40.2 Å². The van der Waals surface area contributed by atoms with E-state index in [-0.39, 0.29) is 0 Å². The molecule has 1 aromatic rings. The minimum Gasteiger partial charge on any atom is -0.389 e. The molecule has 0 aliphatic heterocycles. The van der Waals surface area contributed by atoms with Crippen molar-refractivity contribution in [2.75, 3.05) is 18.5 Å². The van der Waals surface area contributed by atoms with Crippen molar-refractivity contribution in [1.29, 1.82) is 0 Å². The van der Waals surface area contributed by atoms with Crippen LogP contribution >= 0.6 is 0 Å². The fourth-order valence-corrected chi connectivity index (χ4v) is 2.45. The summed E-state index contributed by atoms with van der Waals surface area (Å²) in [5.41, 5.74) is 0.924. The largest absolute Gasteiger partial charge is 0.389 e. The number of hydrogen-bond donors (Lipinski definition) is 2. The Morgan fingerprint density at radius 2 is 2.21 bits per heavy atom. The topological polar surface area (TPSA) is 59.3 Å². The lowest BCUT2D eigenvalue weighted by Gasteiger charge is -2.27. The van der Waals surface area contributed by atoms with Gasteiger partial charge in [-0.25, -0.2) is 0 Å². The monoisotopic (exact) mass is 267 g/mol. The van der Waals surface area contributed by atoms with Crippen molar-refractivity contribution in [2.24, 2.45) is 13.0 Å². The number of rotatable bonds is 6. The first-order valence-corrected chi connectivity index (χ1v) is 7.15. The van der Waals surface area contributed by atoms with Crippen molar-refractivity contribution in [3.8, 4) is 0 Å². The number of aryl methyl sites for hydroxylation is 1. The second kappa shape index (κ2) is 6.91. The molecule has 5 nitrogen and oxygen atoms in total. The predicted molar refractivity (Wildman–Crippen MR) is 75.1 cm³/mol. The third-order valence-electron chi connectivity index (χ3n) is 3.73. The summed E-state index contributed by atoms with van der Waals surface area (Å²) in [6.07, 6.45) is 8.24. The number of aliphatic hydroxyl groups excluding tert-OH is 1. The molecule has 0 radical (unpaired) electrons. The lowest BCUT2D eigenvalue weighted by Crippen LogP contribution is -2.29. The van der Waals surface area contributed by atoms with Gasteiger partial charge in [0.15, 0.2) is 0 Å². The van der Waals surface area contributed by atoms with Crippen molar-refractivity contribution in [3.05, 3.63) is 12.4 Å². The van der Waals surface area contributed by atoms with Crippen LogP contribution < -0.4 is 5.32 Å². The summed E-state index contributed by atoms with van der Waals surface area (Å²) in [4.78, 5) is 0. The predicted octanol–water partition coefficient (Wildman–Crippen LogP) is 1.79. The first-order chi connectivity index (χ1) is 9.13. The molecule has 1 fully saturated rings. The molecule has 0 amide bonds. The van der Waals surface area contributed by atoms with Gasteiger partial charge < -0.3 is 15.2 Å². The van der Waals surface area contributed by atoms with Gasteiger partial charge in [-0.15, -0.1) is 0 Å². The maximum absolute atomic E-state index is 9.89. The van der Waals surface area contributed by atoms with Gasteiger partial charge in [-0.2, -0.15) is 5.10 Å². The SMILES string of the molecule is CC1CCC(OCC(O)CNc2cnn(C)c2)CC1. The molecule has 1 aliphatic carbocycles. The van der Waals surface area contributed by atoms with Crippen LogP contribution in [0.25, 0.3) is 0 Å². The van der Waals surface area contributed by atoms with E-state index in [1.165, 1.54) is 12.8 Å². The second-order valence-electron chi connectivity index (χ2n) is 5.65. The van der Waals surface area contributed by atoms with Crippen molar-refractivity contribution in [2.45, 2.75) is 44.8 Å². The van der Waals surface area contributed by atoms with Gasteiger partial charge in [0.25, 0.3) is 0 Å². The highest BCUT2D eigenvalue weighted by Gasteiger charge is 2.19. The van der Waals surface area contributed by atoms with E-state index in [4.69, 9.17) is 4.74 Å². The summed E-state index contributed by atoms with van der Waals surface area (Å²) in [6, 6.07) is 0. The Hall–Kier alpha value is -1.07. The molecule has 1 aromatic heterocycles. The van der Waals surface area contributed by atoms with E-state index >= 15 is 0 Å². The number of anilines is 1. The van der Waals surface area contributed by atoms with Gasteiger partial charge in [0, 0.05) is 19.8 Å². The van der Waals surface area contributed by atoms with Gasteiger partial charge in [0.1, 0.15) is 0 Å². The lowest BCUT2D eigenvalue weighted by molar-refractivity contribution is -0.0245. The van der Waals surface area contributed by atoms with Crippen LogP contribution in [0.3, 0.4) is 0 Å². The summed E-state index contributed by atoms with van der Waals surface area (Å²) in [7, 11) is 1.87. The van der Waals surface area contributed by atoms with Crippen molar-refractivity contribution in [3.63, 3.8) is 0 Å². The zero-order valence-electron chi connectivity index (χ0n) is 11.9. The van der Waals surface area contributed by atoms with E-state index in [1.54, 1.807) is 10.9 Å². The zero-order chi connectivity index (χ0) is 13.7. The molecule has 19 heavy (non-hydrogen) atoms. The van der Waals surface area contributed by atoms with Gasteiger partial charge in [0.2, 0.25) is 0 Å². The molecule has 0 bridgehead atoms. The van der Waals surface area contributed by atoms with Gasteiger partial charge in [0.05, 0.1) is 30.7 Å². The quantitative estimate of drug-likeness (QED) is 0.825. The van der Waals surface area contributed by atoms with Crippen molar-refractivity contribution in [1.82, 2.24) is 9.78 Å². The Balaban J connectivity index is 1.60. The third-order valence-corrected chi connectivity index (χ3v) is 3.73.